The van der Waals surface area contributed by atoms with E-state index in [1.165, 1.54) is 29.8 Å². The Balaban J connectivity index is 0.00000420. The van der Waals surface area contributed by atoms with Gasteiger partial charge in [0.1, 0.15) is 11.6 Å². The first-order chi connectivity index (χ1) is 24.8. The Morgan fingerprint density at radius 2 is 1.52 bits per heavy atom. The van der Waals surface area contributed by atoms with Gasteiger partial charge in [0, 0.05) is 73.4 Å². The van der Waals surface area contributed by atoms with Crippen LogP contribution in [0.15, 0.2) is 103 Å². The van der Waals surface area contributed by atoms with Gasteiger partial charge in [-0.2, -0.15) is 0 Å². The van der Waals surface area contributed by atoms with E-state index in [1.54, 1.807) is 29.2 Å². The predicted octanol–water partition coefficient (Wildman–Crippen LogP) is 6.22. The van der Waals surface area contributed by atoms with Gasteiger partial charge in [-0.25, -0.2) is 4.39 Å². The van der Waals surface area contributed by atoms with Gasteiger partial charge in [0.05, 0.1) is 30.6 Å². The minimum atomic E-state index is -0.755. The number of phenols is 1. The molecule has 2 amide bonds. The van der Waals surface area contributed by atoms with E-state index in [1.807, 2.05) is 51.9 Å². The first-order valence-electron chi connectivity index (χ1n) is 17.4. The van der Waals surface area contributed by atoms with Crippen molar-refractivity contribution in [1.29, 1.82) is 0 Å². The van der Waals surface area contributed by atoms with E-state index in [9.17, 15) is 19.8 Å². The van der Waals surface area contributed by atoms with Crippen LogP contribution in [0.4, 0.5) is 15.8 Å². The molecule has 3 aliphatic heterocycles. The number of anilines is 2. The third-order valence-corrected chi connectivity index (χ3v) is 10.3. The topological polar surface area (TPSA) is 98.5 Å². The van der Waals surface area contributed by atoms with Gasteiger partial charge >= 0.3 is 0 Å². The van der Waals surface area contributed by atoms with Crippen LogP contribution in [0.2, 0.25) is 0 Å². The lowest BCUT2D eigenvalue weighted by molar-refractivity contribution is 0.0193. The van der Waals surface area contributed by atoms with Crippen molar-refractivity contribution in [2.75, 3.05) is 37.7 Å². The average molecular weight is 723 g/mol. The number of ether oxygens (including phenoxy) is 1. The van der Waals surface area contributed by atoms with Gasteiger partial charge in [-0.05, 0) is 78.2 Å². The van der Waals surface area contributed by atoms with E-state index in [0.717, 1.165) is 18.7 Å². The zero-order chi connectivity index (χ0) is 35.1. The van der Waals surface area contributed by atoms with Gasteiger partial charge in [0.25, 0.3) is 11.8 Å². The third kappa shape index (κ3) is 6.82. The molecule has 4 aromatic carbocycles. The van der Waals surface area contributed by atoms with Crippen LogP contribution < -0.4 is 4.90 Å². The van der Waals surface area contributed by atoms with Gasteiger partial charge < -0.3 is 24.4 Å². The van der Waals surface area contributed by atoms with E-state index in [-0.39, 0.29) is 49.0 Å². The molecule has 2 N–H and O–H groups in total. The lowest BCUT2D eigenvalue weighted by atomic mass is 9.92. The Labute approximate surface area is 307 Å². The van der Waals surface area contributed by atoms with Crippen LogP contribution in [0, 0.1) is 5.82 Å². The molecule has 3 aliphatic rings. The summed E-state index contributed by atoms with van der Waals surface area (Å²) < 4.78 is 22.7. The Hall–Kier alpha value is -5.00. The average Bonchev–Trinajstić information content (AvgIpc) is 3.70. The van der Waals surface area contributed by atoms with Gasteiger partial charge in [0.2, 0.25) is 0 Å². The highest BCUT2D eigenvalue weighted by Gasteiger charge is 2.36. The number of carbonyl (C=O) groups excluding carboxylic acids is 2. The van der Waals surface area contributed by atoms with Crippen molar-refractivity contribution in [3.05, 3.63) is 137 Å². The van der Waals surface area contributed by atoms with Crippen molar-refractivity contribution in [2.24, 2.45) is 0 Å². The second-order valence-electron chi connectivity index (χ2n) is 13.5. The highest BCUT2D eigenvalue weighted by molar-refractivity contribution is 6.12. The Kier molecular flexibility index (Phi) is 10.2. The number of amides is 2. The first-order valence-corrected chi connectivity index (χ1v) is 17.4. The fraction of sp³-hybridized carbons (Fsp3) is 0.268. The molecule has 9 nitrogen and oxygen atoms in total. The monoisotopic (exact) mass is 722 g/mol. The fourth-order valence-corrected chi connectivity index (χ4v) is 7.75. The maximum Gasteiger partial charge on any atom is 0.264 e. The minimum absolute atomic E-state index is 0. The number of hydrogen-bond acceptors (Lipinski definition) is 6. The van der Waals surface area contributed by atoms with Crippen molar-refractivity contribution in [3.63, 3.8) is 0 Å². The number of aliphatic hydroxyl groups excluding tert-OH is 1. The number of rotatable bonds is 7. The van der Waals surface area contributed by atoms with Crippen LogP contribution >= 0.6 is 12.4 Å². The van der Waals surface area contributed by atoms with Gasteiger partial charge in [0.15, 0.2) is 0 Å². The number of nitrogens with zero attached hydrogens (tertiary/aromatic N) is 4. The van der Waals surface area contributed by atoms with Gasteiger partial charge in [-0.15, -0.1) is 12.4 Å². The lowest BCUT2D eigenvalue weighted by Crippen LogP contribution is -2.52. The number of carbonyl (C=O) groups is 2. The molecule has 0 bridgehead atoms. The molecule has 0 spiro atoms. The van der Waals surface area contributed by atoms with Crippen LogP contribution in [0.25, 0.3) is 11.3 Å². The molecule has 1 aromatic heterocycles. The molecule has 0 unspecified atom stereocenters. The van der Waals surface area contributed by atoms with Crippen LogP contribution in [0.1, 0.15) is 37.5 Å². The largest absolute Gasteiger partial charge is 0.508 e. The molecule has 268 valence electrons. The molecule has 5 aromatic rings. The molecule has 2 atom stereocenters. The van der Waals surface area contributed by atoms with E-state index < -0.39 is 11.9 Å². The van der Waals surface area contributed by atoms with Crippen LogP contribution in [0.5, 0.6) is 5.75 Å². The highest BCUT2D eigenvalue weighted by atomic mass is 35.5. The van der Waals surface area contributed by atoms with Crippen molar-refractivity contribution >= 4 is 35.6 Å². The maximum atomic E-state index is 15.2. The summed E-state index contributed by atoms with van der Waals surface area (Å²) in [5.74, 6) is -0.998. The molecule has 0 radical (unpaired) electrons. The molecule has 11 heteroatoms. The summed E-state index contributed by atoms with van der Waals surface area (Å²) in [6, 6.07) is 29.6. The molecule has 1 saturated heterocycles. The summed E-state index contributed by atoms with van der Waals surface area (Å²) >= 11 is 0. The summed E-state index contributed by atoms with van der Waals surface area (Å²) in [5.41, 5.74) is 5.62. The normalized spacial score (nSPS) is 18.3. The third-order valence-electron chi connectivity index (χ3n) is 10.3. The number of benzene rings is 4. The van der Waals surface area contributed by atoms with E-state index in [4.69, 9.17) is 4.74 Å². The zero-order valence-corrected chi connectivity index (χ0v) is 29.3. The van der Waals surface area contributed by atoms with E-state index >= 15 is 4.39 Å². The van der Waals surface area contributed by atoms with Crippen LogP contribution in [-0.2, 0) is 30.7 Å². The van der Waals surface area contributed by atoms with Crippen LogP contribution in [-0.4, -0.2) is 81.4 Å². The summed E-state index contributed by atoms with van der Waals surface area (Å²) in [7, 11) is 0. The molecule has 0 saturated carbocycles. The van der Waals surface area contributed by atoms with Crippen LogP contribution in [0.3, 0.4) is 0 Å². The zero-order valence-electron chi connectivity index (χ0n) is 28.5. The Morgan fingerprint density at radius 1 is 0.827 bits per heavy atom. The standard InChI is InChI=1S/C41H39FN4O5.ClH/c42-29-10-15-35(40(49)44-24-28-7-5-4-6-27(28)20-32(44)25-43-16-18-51-19-17-43)36(21-29)39-23-37(38-22-34(48)26-45(38)39)41(50)46(30-8-2-1-3-9-30)31-11-13-33(47)14-12-31;/h1-15,21,23,32,34,47-48H,16-20,22,24-26H2;1H/t32-,34-;/m0./s1. The van der Waals surface area contributed by atoms with E-state index in [0.29, 0.717) is 72.2 Å². The number of aliphatic hydroxyl groups is 1. The van der Waals surface area contributed by atoms with Crippen molar-refractivity contribution in [2.45, 2.75) is 38.1 Å². The summed E-state index contributed by atoms with van der Waals surface area (Å²) in [6.07, 6.45) is 0.172. The molecule has 52 heavy (non-hydrogen) atoms. The molecule has 1 fully saturated rings. The van der Waals surface area contributed by atoms with E-state index in [2.05, 4.69) is 17.0 Å². The molecular weight excluding hydrogens is 683 g/mol. The van der Waals surface area contributed by atoms with Gasteiger partial charge in [-0.3, -0.25) is 19.4 Å². The van der Waals surface area contributed by atoms with Gasteiger partial charge in [-0.1, -0.05) is 42.5 Å². The lowest BCUT2D eigenvalue weighted by Gasteiger charge is -2.40. The molecule has 4 heterocycles. The number of aromatic nitrogens is 1. The van der Waals surface area contributed by atoms with Crippen molar-refractivity contribution in [3.8, 4) is 17.0 Å². The number of morpholine rings is 1. The second kappa shape index (κ2) is 14.9. The maximum absolute atomic E-state index is 15.2. The molecule has 0 aliphatic carbocycles. The summed E-state index contributed by atoms with van der Waals surface area (Å²) in [6.45, 7) is 4.21. The summed E-state index contributed by atoms with van der Waals surface area (Å²) in [5, 5.41) is 20.9. The Bertz CT molecular complexity index is 2080. The minimum Gasteiger partial charge on any atom is -0.508 e. The number of phenolic OH excluding ortho intramolecular Hbond substituents is 1. The summed E-state index contributed by atoms with van der Waals surface area (Å²) in [4.78, 5) is 35.2. The molecule has 8 rings (SSSR count). The first kappa shape index (κ1) is 35.4. The van der Waals surface area contributed by atoms with Crippen molar-refractivity contribution < 1.29 is 28.9 Å². The SMILES string of the molecule is Cl.O=C(c1cc(-c2cc(F)ccc2C(=O)N2Cc3ccccc3C[C@H]2CN2CCOCC2)n2c1C[C@H](O)C2)N(c1ccccc1)c1ccc(O)cc1. The Morgan fingerprint density at radius 3 is 2.27 bits per heavy atom. The number of halogens is 2. The number of hydrogen-bond donors (Lipinski definition) is 2. The highest BCUT2D eigenvalue weighted by Crippen LogP contribution is 2.38. The smallest absolute Gasteiger partial charge is 0.264 e. The van der Waals surface area contributed by atoms with Crippen molar-refractivity contribution in [1.82, 2.24) is 14.4 Å². The second-order valence-corrected chi connectivity index (χ2v) is 13.5. The molecular formula is C41H40ClFN4O5. The number of para-hydroxylation sites is 1. The predicted molar refractivity (Wildman–Crippen MR) is 199 cm³/mol. The number of aromatic hydroxyl groups is 1. The quantitative estimate of drug-likeness (QED) is 0.207. The number of fused-ring (bicyclic) bond motifs is 2. The fourth-order valence-electron chi connectivity index (χ4n) is 7.75.